The second-order valence-corrected chi connectivity index (χ2v) is 6.41. The molecule has 1 saturated heterocycles. The molecular weight excluding hydrogens is 282 g/mol. The van der Waals surface area contributed by atoms with Crippen molar-refractivity contribution in [3.63, 3.8) is 0 Å². The molecule has 7 heteroatoms. The van der Waals surface area contributed by atoms with Crippen molar-refractivity contribution in [3.05, 3.63) is 22.4 Å². The third-order valence-electron chi connectivity index (χ3n) is 3.18. The fourth-order valence-electron chi connectivity index (χ4n) is 2.21. The van der Waals surface area contributed by atoms with Crippen LogP contribution in [0.15, 0.2) is 17.5 Å². The van der Waals surface area contributed by atoms with E-state index in [1.807, 2.05) is 17.5 Å². The minimum absolute atomic E-state index is 0.0984. The van der Waals surface area contributed by atoms with Gasteiger partial charge in [0, 0.05) is 29.0 Å². The Labute approximate surface area is 118 Å². The van der Waals surface area contributed by atoms with Gasteiger partial charge in [0.05, 0.1) is 4.88 Å². The molecule has 1 aliphatic heterocycles. The quantitative estimate of drug-likeness (QED) is 0.863. The molecule has 2 aromatic heterocycles. The molecule has 1 atom stereocenters. The van der Waals surface area contributed by atoms with Crippen molar-refractivity contribution in [3.8, 4) is 0 Å². The fourth-order valence-corrected chi connectivity index (χ4v) is 4.28. The molecule has 0 spiro atoms. The van der Waals surface area contributed by atoms with Crippen molar-refractivity contribution >= 4 is 43.9 Å². The first-order valence-corrected chi connectivity index (χ1v) is 7.64. The Balaban J connectivity index is 1.89. The molecule has 0 aromatic carbocycles. The predicted molar refractivity (Wildman–Crippen MR) is 76.6 cm³/mol. The van der Waals surface area contributed by atoms with Crippen LogP contribution in [0, 0.1) is 0 Å². The lowest BCUT2D eigenvalue weighted by molar-refractivity contribution is -0.122. The highest BCUT2D eigenvalue weighted by atomic mass is 32.1. The summed E-state index contributed by atoms with van der Waals surface area (Å²) < 4.78 is 2.22. The van der Waals surface area contributed by atoms with E-state index in [9.17, 15) is 9.59 Å². The van der Waals surface area contributed by atoms with Crippen molar-refractivity contribution in [1.29, 1.82) is 0 Å². The second-order valence-electron chi connectivity index (χ2n) is 4.38. The van der Waals surface area contributed by atoms with E-state index in [0.29, 0.717) is 24.5 Å². The molecule has 3 rings (SSSR count). The molecule has 0 bridgehead atoms. The molecule has 1 unspecified atom stereocenters. The predicted octanol–water partition coefficient (Wildman–Crippen LogP) is 0.862. The summed E-state index contributed by atoms with van der Waals surface area (Å²) in [6, 6.07) is 3.35. The summed E-state index contributed by atoms with van der Waals surface area (Å²) in [6.07, 6.45) is 0. The van der Waals surface area contributed by atoms with Crippen LogP contribution in [0.3, 0.4) is 0 Å². The Kier molecular flexibility index (Phi) is 3.26. The zero-order valence-electron chi connectivity index (χ0n) is 10.1. The maximum Gasteiger partial charge on any atom is 0.264 e. The number of fused-ring (bicyclic) bond motifs is 1. The number of thiophene rings is 2. The van der Waals surface area contributed by atoms with Crippen LogP contribution in [-0.4, -0.2) is 42.4 Å². The maximum atomic E-state index is 12.5. The average Bonchev–Trinajstić information content (AvgIpc) is 2.98. The van der Waals surface area contributed by atoms with Crippen LogP contribution in [0.5, 0.6) is 0 Å². The number of nitrogens with one attached hydrogen (secondary N) is 1. The molecule has 0 aliphatic carbocycles. The number of rotatable bonds is 2. The lowest BCUT2D eigenvalue weighted by Crippen LogP contribution is -2.58. The minimum atomic E-state index is -0.554. The molecular formula is C12H13N3O2S2. The number of hydrogen-bond acceptors (Lipinski definition) is 5. The zero-order valence-corrected chi connectivity index (χ0v) is 11.7. The van der Waals surface area contributed by atoms with Crippen LogP contribution < -0.4 is 11.1 Å². The summed E-state index contributed by atoms with van der Waals surface area (Å²) in [7, 11) is 0. The summed E-state index contributed by atoms with van der Waals surface area (Å²) in [5.74, 6) is -0.558. The fraction of sp³-hybridized carbons (Fsp3) is 0.333. The first-order chi connectivity index (χ1) is 9.16. The summed E-state index contributed by atoms with van der Waals surface area (Å²) in [5, 5.41) is 5.09. The average molecular weight is 295 g/mol. The van der Waals surface area contributed by atoms with Gasteiger partial charge in [-0.3, -0.25) is 9.59 Å². The highest BCUT2D eigenvalue weighted by Crippen LogP contribution is 2.31. The van der Waals surface area contributed by atoms with Gasteiger partial charge in [0.25, 0.3) is 5.91 Å². The molecule has 5 nitrogen and oxygen atoms in total. The molecule has 0 saturated carbocycles. The Bertz CT molecular complexity index is 605. The molecule has 1 fully saturated rings. The number of piperazine rings is 1. The van der Waals surface area contributed by atoms with Crippen molar-refractivity contribution in [2.75, 3.05) is 19.6 Å². The number of primary amides is 1. The van der Waals surface area contributed by atoms with Gasteiger partial charge < -0.3 is 16.0 Å². The number of carbonyl (C=O) groups excluding carboxylic acids is 2. The number of hydrogen-bond donors (Lipinski definition) is 2. The van der Waals surface area contributed by atoms with Crippen molar-refractivity contribution in [2.45, 2.75) is 6.04 Å². The Morgan fingerprint density at radius 2 is 2.26 bits per heavy atom. The van der Waals surface area contributed by atoms with E-state index in [1.165, 1.54) is 11.3 Å². The molecule has 19 heavy (non-hydrogen) atoms. The van der Waals surface area contributed by atoms with E-state index in [-0.39, 0.29) is 5.91 Å². The zero-order chi connectivity index (χ0) is 13.4. The van der Waals surface area contributed by atoms with E-state index >= 15 is 0 Å². The summed E-state index contributed by atoms with van der Waals surface area (Å²) in [6.45, 7) is 1.63. The summed E-state index contributed by atoms with van der Waals surface area (Å²) in [5.41, 5.74) is 5.36. The topological polar surface area (TPSA) is 75.4 Å². The van der Waals surface area contributed by atoms with Crippen LogP contribution in [0.4, 0.5) is 0 Å². The third kappa shape index (κ3) is 2.24. The largest absolute Gasteiger partial charge is 0.368 e. The molecule has 3 heterocycles. The first kappa shape index (κ1) is 12.6. The lowest BCUT2D eigenvalue weighted by Gasteiger charge is -2.33. The van der Waals surface area contributed by atoms with Crippen LogP contribution in [-0.2, 0) is 4.79 Å². The van der Waals surface area contributed by atoms with Gasteiger partial charge in [0.1, 0.15) is 6.04 Å². The van der Waals surface area contributed by atoms with Crippen LogP contribution in [0.2, 0.25) is 0 Å². The number of nitrogens with zero attached hydrogens (tertiary/aromatic N) is 1. The highest BCUT2D eigenvalue weighted by Gasteiger charge is 2.31. The van der Waals surface area contributed by atoms with Gasteiger partial charge in [0.15, 0.2) is 0 Å². The smallest absolute Gasteiger partial charge is 0.264 e. The molecule has 1 aliphatic rings. The molecule has 100 valence electrons. The van der Waals surface area contributed by atoms with E-state index < -0.39 is 11.9 Å². The lowest BCUT2D eigenvalue weighted by atomic mass is 10.1. The van der Waals surface area contributed by atoms with Crippen molar-refractivity contribution < 1.29 is 9.59 Å². The minimum Gasteiger partial charge on any atom is -0.368 e. The second kappa shape index (κ2) is 4.92. The first-order valence-electron chi connectivity index (χ1n) is 5.95. The van der Waals surface area contributed by atoms with E-state index in [2.05, 4.69) is 5.32 Å². The Hall–Kier alpha value is -1.44. The number of nitrogens with two attached hydrogens (primary N) is 1. The summed E-state index contributed by atoms with van der Waals surface area (Å²) in [4.78, 5) is 26.2. The molecule has 0 radical (unpaired) electrons. The van der Waals surface area contributed by atoms with Gasteiger partial charge in [-0.15, -0.1) is 22.7 Å². The number of carbonyl (C=O) groups is 2. The normalized spacial score (nSPS) is 19.8. The van der Waals surface area contributed by atoms with Crippen molar-refractivity contribution in [2.24, 2.45) is 5.73 Å². The van der Waals surface area contributed by atoms with Gasteiger partial charge in [-0.1, -0.05) is 0 Å². The third-order valence-corrected chi connectivity index (χ3v) is 5.26. The van der Waals surface area contributed by atoms with Crippen LogP contribution in [0.25, 0.3) is 9.40 Å². The van der Waals surface area contributed by atoms with Gasteiger partial charge in [0.2, 0.25) is 5.91 Å². The van der Waals surface area contributed by atoms with Gasteiger partial charge in [-0.25, -0.2) is 0 Å². The van der Waals surface area contributed by atoms with Crippen LogP contribution in [0.1, 0.15) is 9.67 Å². The van der Waals surface area contributed by atoms with Crippen molar-refractivity contribution in [1.82, 2.24) is 10.2 Å². The Morgan fingerprint density at radius 1 is 1.42 bits per heavy atom. The standard InChI is InChI=1S/C12H13N3O2S2/c13-11(16)7-6-14-2-3-15(7)12(17)10-5-9-8(19-10)1-4-18-9/h1,4-5,7,14H,2-3,6H2,(H2,13,16). The van der Waals surface area contributed by atoms with Gasteiger partial charge >= 0.3 is 0 Å². The number of amides is 2. The molecule has 2 amide bonds. The Morgan fingerprint density at radius 3 is 3.00 bits per heavy atom. The van der Waals surface area contributed by atoms with E-state index in [4.69, 9.17) is 5.73 Å². The monoisotopic (exact) mass is 295 g/mol. The van der Waals surface area contributed by atoms with E-state index in [0.717, 1.165) is 9.40 Å². The summed E-state index contributed by atoms with van der Waals surface area (Å²) >= 11 is 3.08. The van der Waals surface area contributed by atoms with Gasteiger partial charge in [-0.2, -0.15) is 0 Å². The van der Waals surface area contributed by atoms with Crippen LogP contribution >= 0.6 is 22.7 Å². The van der Waals surface area contributed by atoms with Gasteiger partial charge in [-0.05, 0) is 17.5 Å². The van der Waals surface area contributed by atoms with E-state index in [1.54, 1.807) is 16.2 Å². The molecule has 2 aromatic rings. The maximum absolute atomic E-state index is 12.5. The SMILES string of the molecule is NC(=O)C1CNCCN1C(=O)c1cc2sccc2s1. The molecule has 3 N–H and O–H groups in total. The highest BCUT2D eigenvalue weighted by molar-refractivity contribution is 7.27.